The molecule has 1 atom stereocenters. The van der Waals surface area contributed by atoms with Crippen molar-refractivity contribution in [2.75, 3.05) is 17.7 Å². The maximum atomic E-state index is 5.99. The Morgan fingerprint density at radius 2 is 2.00 bits per heavy atom. The summed E-state index contributed by atoms with van der Waals surface area (Å²) in [5, 5.41) is 3.95. The molecule has 20 heavy (non-hydrogen) atoms. The SMILES string of the molecule is CCOc1ncnc(NC(C)c2ccc(Cl)cc2)c1N. The Labute approximate surface area is 123 Å². The molecular formula is C14H17ClN4O. The molecule has 1 heterocycles. The summed E-state index contributed by atoms with van der Waals surface area (Å²) in [4.78, 5) is 8.16. The second kappa shape index (κ2) is 6.43. The number of benzene rings is 1. The molecule has 6 heteroatoms. The molecule has 2 aromatic rings. The third kappa shape index (κ3) is 3.30. The highest BCUT2D eigenvalue weighted by atomic mass is 35.5. The summed E-state index contributed by atoms with van der Waals surface area (Å²) >= 11 is 5.88. The van der Waals surface area contributed by atoms with Crippen molar-refractivity contribution in [2.24, 2.45) is 0 Å². The lowest BCUT2D eigenvalue weighted by Crippen LogP contribution is -2.11. The Hall–Kier alpha value is -2.01. The van der Waals surface area contributed by atoms with Gasteiger partial charge in [0.05, 0.1) is 12.6 Å². The molecule has 1 unspecified atom stereocenters. The molecule has 5 nitrogen and oxygen atoms in total. The van der Waals surface area contributed by atoms with E-state index in [1.807, 2.05) is 38.1 Å². The summed E-state index contributed by atoms with van der Waals surface area (Å²) in [6, 6.07) is 7.66. The minimum Gasteiger partial charge on any atom is -0.476 e. The Morgan fingerprint density at radius 3 is 2.65 bits per heavy atom. The van der Waals surface area contributed by atoms with E-state index < -0.39 is 0 Å². The van der Waals surface area contributed by atoms with Crippen molar-refractivity contribution in [1.29, 1.82) is 0 Å². The van der Waals surface area contributed by atoms with Crippen LogP contribution in [-0.2, 0) is 0 Å². The molecule has 0 aliphatic heterocycles. The quantitative estimate of drug-likeness (QED) is 0.884. The van der Waals surface area contributed by atoms with Crippen molar-refractivity contribution in [3.05, 3.63) is 41.2 Å². The number of aromatic nitrogens is 2. The highest BCUT2D eigenvalue weighted by Crippen LogP contribution is 2.28. The normalized spacial score (nSPS) is 11.9. The fraction of sp³-hybridized carbons (Fsp3) is 0.286. The summed E-state index contributed by atoms with van der Waals surface area (Å²) in [7, 11) is 0. The van der Waals surface area contributed by atoms with Crippen molar-refractivity contribution in [2.45, 2.75) is 19.9 Å². The number of nitrogens with zero attached hydrogens (tertiary/aromatic N) is 2. The van der Waals surface area contributed by atoms with Gasteiger partial charge in [-0.1, -0.05) is 23.7 Å². The van der Waals surface area contributed by atoms with Crippen LogP contribution in [0.5, 0.6) is 5.88 Å². The zero-order valence-corrected chi connectivity index (χ0v) is 12.2. The van der Waals surface area contributed by atoms with Crippen LogP contribution in [0.15, 0.2) is 30.6 Å². The number of hydrogen-bond acceptors (Lipinski definition) is 5. The fourth-order valence-corrected chi connectivity index (χ4v) is 1.91. The smallest absolute Gasteiger partial charge is 0.242 e. The number of halogens is 1. The number of hydrogen-bond donors (Lipinski definition) is 2. The van der Waals surface area contributed by atoms with Gasteiger partial charge in [0.15, 0.2) is 5.82 Å². The summed E-state index contributed by atoms with van der Waals surface area (Å²) in [5.74, 6) is 0.958. The standard InChI is InChI=1S/C14H17ClN4O/c1-3-20-14-12(16)13(17-8-18-14)19-9(2)10-4-6-11(15)7-5-10/h4-9H,3,16H2,1-2H3,(H,17,18,19). The van der Waals surface area contributed by atoms with Crippen LogP contribution in [0.2, 0.25) is 5.02 Å². The predicted octanol–water partition coefficient (Wildman–Crippen LogP) is 3.28. The molecule has 3 N–H and O–H groups in total. The van der Waals surface area contributed by atoms with Gasteiger partial charge in [-0.3, -0.25) is 0 Å². The van der Waals surface area contributed by atoms with Gasteiger partial charge in [0, 0.05) is 5.02 Å². The van der Waals surface area contributed by atoms with Gasteiger partial charge in [-0.2, -0.15) is 4.98 Å². The summed E-state index contributed by atoms with van der Waals surface area (Å²) in [5.41, 5.74) is 7.49. The molecule has 0 amide bonds. The van der Waals surface area contributed by atoms with Crippen LogP contribution >= 0.6 is 11.6 Å². The van der Waals surface area contributed by atoms with E-state index in [2.05, 4.69) is 15.3 Å². The van der Waals surface area contributed by atoms with Crippen LogP contribution in [0.1, 0.15) is 25.5 Å². The highest BCUT2D eigenvalue weighted by molar-refractivity contribution is 6.30. The van der Waals surface area contributed by atoms with Crippen molar-refractivity contribution in [3.63, 3.8) is 0 Å². The number of rotatable bonds is 5. The van der Waals surface area contributed by atoms with Crippen LogP contribution < -0.4 is 15.8 Å². The first-order valence-electron chi connectivity index (χ1n) is 6.37. The van der Waals surface area contributed by atoms with E-state index in [0.717, 1.165) is 5.56 Å². The van der Waals surface area contributed by atoms with E-state index in [9.17, 15) is 0 Å². The molecule has 0 saturated carbocycles. The van der Waals surface area contributed by atoms with Crippen molar-refractivity contribution in [1.82, 2.24) is 9.97 Å². The Bertz CT molecular complexity index is 574. The molecule has 0 spiro atoms. The molecular weight excluding hydrogens is 276 g/mol. The monoisotopic (exact) mass is 292 g/mol. The van der Waals surface area contributed by atoms with E-state index in [1.54, 1.807) is 0 Å². The van der Waals surface area contributed by atoms with Crippen molar-refractivity contribution in [3.8, 4) is 5.88 Å². The minimum absolute atomic E-state index is 0.0407. The van der Waals surface area contributed by atoms with Gasteiger partial charge >= 0.3 is 0 Å². The fourth-order valence-electron chi connectivity index (χ4n) is 1.79. The first-order chi connectivity index (χ1) is 9.61. The largest absolute Gasteiger partial charge is 0.476 e. The molecule has 0 bridgehead atoms. The maximum Gasteiger partial charge on any atom is 0.242 e. The Morgan fingerprint density at radius 1 is 1.30 bits per heavy atom. The Balaban J connectivity index is 2.17. The van der Waals surface area contributed by atoms with Gasteiger partial charge < -0.3 is 15.8 Å². The van der Waals surface area contributed by atoms with E-state index in [0.29, 0.717) is 29.0 Å². The first kappa shape index (κ1) is 14.4. The lowest BCUT2D eigenvalue weighted by Gasteiger charge is -2.17. The summed E-state index contributed by atoms with van der Waals surface area (Å²) < 4.78 is 5.35. The molecule has 0 aliphatic rings. The lowest BCUT2D eigenvalue weighted by atomic mass is 10.1. The van der Waals surface area contributed by atoms with Crippen LogP contribution in [-0.4, -0.2) is 16.6 Å². The molecule has 106 valence electrons. The van der Waals surface area contributed by atoms with Crippen LogP contribution in [0.3, 0.4) is 0 Å². The number of nitrogen functional groups attached to an aromatic ring is 1. The van der Waals surface area contributed by atoms with Crippen LogP contribution in [0.4, 0.5) is 11.5 Å². The van der Waals surface area contributed by atoms with E-state index >= 15 is 0 Å². The predicted molar refractivity (Wildman–Crippen MR) is 81.1 cm³/mol. The third-order valence-electron chi connectivity index (χ3n) is 2.85. The molecule has 1 aromatic heterocycles. The van der Waals surface area contributed by atoms with E-state index in [-0.39, 0.29) is 6.04 Å². The number of nitrogens with one attached hydrogen (secondary N) is 1. The van der Waals surface area contributed by atoms with Crippen molar-refractivity contribution < 1.29 is 4.74 Å². The molecule has 0 saturated heterocycles. The Kier molecular flexibility index (Phi) is 4.63. The zero-order valence-electron chi connectivity index (χ0n) is 11.4. The molecule has 2 rings (SSSR count). The topological polar surface area (TPSA) is 73.1 Å². The third-order valence-corrected chi connectivity index (χ3v) is 3.10. The van der Waals surface area contributed by atoms with Crippen molar-refractivity contribution >= 4 is 23.1 Å². The van der Waals surface area contributed by atoms with Crippen LogP contribution in [0.25, 0.3) is 0 Å². The average molecular weight is 293 g/mol. The summed E-state index contributed by atoms with van der Waals surface area (Å²) in [6.07, 6.45) is 1.43. The second-order valence-corrected chi connectivity index (χ2v) is 4.73. The van der Waals surface area contributed by atoms with Gasteiger partial charge in [0.25, 0.3) is 0 Å². The molecule has 1 aromatic carbocycles. The molecule has 0 fully saturated rings. The first-order valence-corrected chi connectivity index (χ1v) is 6.75. The van der Waals surface area contributed by atoms with Gasteiger partial charge in [-0.25, -0.2) is 4.98 Å². The number of ether oxygens (including phenoxy) is 1. The van der Waals surface area contributed by atoms with Gasteiger partial charge in [-0.05, 0) is 31.5 Å². The molecule has 0 radical (unpaired) electrons. The second-order valence-electron chi connectivity index (χ2n) is 4.29. The van der Waals surface area contributed by atoms with Gasteiger partial charge in [0.2, 0.25) is 5.88 Å². The minimum atomic E-state index is 0.0407. The number of nitrogens with two attached hydrogens (primary N) is 1. The zero-order chi connectivity index (χ0) is 14.5. The van der Waals surface area contributed by atoms with E-state index in [4.69, 9.17) is 22.1 Å². The maximum absolute atomic E-state index is 5.99. The van der Waals surface area contributed by atoms with Gasteiger partial charge in [0.1, 0.15) is 12.0 Å². The van der Waals surface area contributed by atoms with Crippen LogP contribution in [0, 0.1) is 0 Å². The average Bonchev–Trinajstić information content (AvgIpc) is 2.44. The lowest BCUT2D eigenvalue weighted by molar-refractivity contribution is 0.328. The number of anilines is 2. The van der Waals surface area contributed by atoms with Gasteiger partial charge in [-0.15, -0.1) is 0 Å². The highest BCUT2D eigenvalue weighted by Gasteiger charge is 2.12. The van der Waals surface area contributed by atoms with E-state index in [1.165, 1.54) is 6.33 Å². The summed E-state index contributed by atoms with van der Waals surface area (Å²) in [6.45, 7) is 4.41. The molecule has 0 aliphatic carbocycles.